The molecule has 1 N–H and O–H groups in total. The number of ether oxygens (including phenoxy) is 1. The normalized spacial score (nSPS) is 15.6. The zero-order valence-corrected chi connectivity index (χ0v) is 12.7. The molecule has 0 atom stereocenters. The first-order chi connectivity index (χ1) is 10.1. The second-order valence-electron chi connectivity index (χ2n) is 4.96. The third-order valence-corrected chi connectivity index (χ3v) is 3.76. The SMILES string of the molecule is CCOC(=O)N1CCC(C(=O)Nc2ccc(Cl)cc2)CC1. The Hall–Kier alpha value is -1.75. The van der Waals surface area contributed by atoms with Crippen molar-refractivity contribution >= 4 is 29.3 Å². The van der Waals surface area contributed by atoms with Crippen LogP contribution in [0.4, 0.5) is 10.5 Å². The predicted molar refractivity (Wildman–Crippen MR) is 81.4 cm³/mol. The second kappa shape index (κ2) is 7.31. The van der Waals surface area contributed by atoms with Crippen LogP contribution in [0.5, 0.6) is 0 Å². The van der Waals surface area contributed by atoms with Crippen LogP contribution in [0.2, 0.25) is 5.02 Å². The maximum absolute atomic E-state index is 12.2. The summed E-state index contributed by atoms with van der Waals surface area (Å²) in [6.45, 7) is 3.26. The smallest absolute Gasteiger partial charge is 0.409 e. The molecule has 1 aromatic rings. The van der Waals surface area contributed by atoms with Crippen molar-refractivity contribution in [3.63, 3.8) is 0 Å². The molecule has 1 aromatic carbocycles. The van der Waals surface area contributed by atoms with Gasteiger partial charge in [0.1, 0.15) is 0 Å². The van der Waals surface area contributed by atoms with Crippen LogP contribution in [-0.4, -0.2) is 36.6 Å². The highest BCUT2D eigenvalue weighted by Gasteiger charge is 2.27. The quantitative estimate of drug-likeness (QED) is 0.933. The number of piperidine rings is 1. The number of anilines is 1. The van der Waals surface area contributed by atoms with Crippen molar-refractivity contribution in [3.8, 4) is 0 Å². The van der Waals surface area contributed by atoms with Gasteiger partial charge in [0.2, 0.25) is 5.91 Å². The molecule has 0 bridgehead atoms. The van der Waals surface area contributed by atoms with Crippen LogP contribution >= 0.6 is 11.6 Å². The summed E-state index contributed by atoms with van der Waals surface area (Å²) in [5.41, 5.74) is 0.734. The molecule has 6 heteroatoms. The van der Waals surface area contributed by atoms with Crippen molar-refractivity contribution in [1.82, 2.24) is 4.90 Å². The van der Waals surface area contributed by atoms with Gasteiger partial charge in [-0.3, -0.25) is 4.79 Å². The molecular formula is C15H19ClN2O3. The minimum absolute atomic E-state index is 0.0131. The molecule has 5 nitrogen and oxygen atoms in total. The van der Waals surface area contributed by atoms with Crippen LogP contribution in [-0.2, 0) is 9.53 Å². The number of halogens is 1. The molecule has 1 saturated heterocycles. The summed E-state index contributed by atoms with van der Waals surface area (Å²) in [6, 6.07) is 7.02. The molecule has 1 heterocycles. The number of likely N-dealkylation sites (tertiary alicyclic amines) is 1. The minimum Gasteiger partial charge on any atom is -0.450 e. The summed E-state index contributed by atoms with van der Waals surface area (Å²) in [4.78, 5) is 25.4. The molecule has 114 valence electrons. The lowest BCUT2D eigenvalue weighted by molar-refractivity contribution is -0.121. The van der Waals surface area contributed by atoms with Gasteiger partial charge in [-0.05, 0) is 44.0 Å². The van der Waals surface area contributed by atoms with Crippen LogP contribution in [0.25, 0.3) is 0 Å². The Kier molecular flexibility index (Phi) is 5.44. The molecule has 0 aliphatic carbocycles. The van der Waals surface area contributed by atoms with E-state index in [9.17, 15) is 9.59 Å². The first-order valence-corrected chi connectivity index (χ1v) is 7.46. The maximum atomic E-state index is 12.2. The van der Waals surface area contributed by atoms with E-state index in [1.807, 2.05) is 0 Å². The molecule has 2 rings (SSSR count). The lowest BCUT2D eigenvalue weighted by Gasteiger charge is -2.30. The summed E-state index contributed by atoms with van der Waals surface area (Å²) in [5.74, 6) is -0.0906. The highest BCUT2D eigenvalue weighted by atomic mass is 35.5. The van der Waals surface area contributed by atoms with E-state index >= 15 is 0 Å². The first-order valence-electron chi connectivity index (χ1n) is 7.08. The van der Waals surface area contributed by atoms with Gasteiger partial charge >= 0.3 is 6.09 Å². The number of benzene rings is 1. The zero-order valence-electron chi connectivity index (χ0n) is 12.0. The number of hydrogen-bond acceptors (Lipinski definition) is 3. The second-order valence-corrected chi connectivity index (χ2v) is 5.39. The Morgan fingerprint density at radius 1 is 1.29 bits per heavy atom. The standard InChI is InChI=1S/C15H19ClN2O3/c1-2-21-15(20)18-9-7-11(8-10-18)14(19)17-13-5-3-12(16)4-6-13/h3-6,11H,2,7-10H2,1H3,(H,17,19). The Bertz CT molecular complexity index is 496. The van der Waals surface area contributed by atoms with Crippen molar-refractivity contribution in [1.29, 1.82) is 0 Å². The molecule has 0 radical (unpaired) electrons. The van der Waals surface area contributed by atoms with Crippen molar-refractivity contribution < 1.29 is 14.3 Å². The molecule has 1 aliphatic rings. The lowest BCUT2D eigenvalue weighted by Crippen LogP contribution is -2.41. The van der Waals surface area contributed by atoms with Gasteiger partial charge in [0.25, 0.3) is 0 Å². The van der Waals surface area contributed by atoms with Gasteiger partial charge in [0.15, 0.2) is 0 Å². The summed E-state index contributed by atoms with van der Waals surface area (Å²) < 4.78 is 4.96. The van der Waals surface area contributed by atoms with Crippen LogP contribution in [0.15, 0.2) is 24.3 Å². The van der Waals surface area contributed by atoms with E-state index in [-0.39, 0.29) is 17.9 Å². The monoisotopic (exact) mass is 310 g/mol. The topological polar surface area (TPSA) is 58.6 Å². The van der Waals surface area contributed by atoms with E-state index in [0.717, 1.165) is 5.69 Å². The number of carbonyl (C=O) groups is 2. The molecule has 1 fully saturated rings. The molecular weight excluding hydrogens is 292 g/mol. The Morgan fingerprint density at radius 3 is 2.48 bits per heavy atom. The molecule has 0 saturated carbocycles. The average Bonchev–Trinajstić information content (AvgIpc) is 2.50. The lowest BCUT2D eigenvalue weighted by atomic mass is 9.96. The van der Waals surface area contributed by atoms with Crippen LogP contribution in [0.1, 0.15) is 19.8 Å². The van der Waals surface area contributed by atoms with E-state index in [1.54, 1.807) is 36.1 Å². The van der Waals surface area contributed by atoms with E-state index in [1.165, 1.54) is 0 Å². The minimum atomic E-state index is -0.297. The molecule has 0 unspecified atom stereocenters. The largest absolute Gasteiger partial charge is 0.450 e. The molecule has 1 aliphatic heterocycles. The van der Waals surface area contributed by atoms with Crippen LogP contribution in [0.3, 0.4) is 0 Å². The van der Waals surface area contributed by atoms with E-state index in [2.05, 4.69) is 5.32 Å². The number of hydrogen-bond donors (Lipinski definition) is 1. The summed E-state index contributed by atoms with van der Waals surface area (Å²) in [5, 5.41) is 3.51. The van der Waals surface area contributed by atoms with Gasteiger partial charge in [-0.2, -0.15) is 0 Å². The average molecular weight is 311 g/mol. The fourth-order valence-electron chi connectivity index (χ4n) is 2.32. The first kappa shape index (κ1) is 15.6. The van der Waals surface area contributed by atoms with Gasteiger partial charge in [-0.25, -0.2) is 4.79 Å². The van der Waals surface area contributed by atoms with Gasteiger partial charge < -0.3 is 15.0 Å². The van der Waals surface area contributed by atoms with E-state index < -0.39 is 0 Å². The number of nitrogens with zero attached hydrogens (tertiary/aromatic N) is 1. The summed E-state index contributed by atoms with van der Waals surface area (Å²) in [7, 11) is 0. The Labute approximate surface area is 129 Å². The van der Waals surface area contributed by atoms with Crippen LogP contribution in [0, 0.1) is 5.92 Å². The predicted octanol–water partition coefficient (Wildman–Crippen LogP) is 3.15. The Balaban J connectivity index is 1.83. The maximum Gasteiger partial charge on any atom is 0.409 e. The van der Waals surface area contributed by atoms with E-state index in [4.69, 9.17) is 16.3 Å². The number of carbonyl (C=O) groups excluding carboxylic acids is 2. The van der Waals surface area contributed by atoms with Gasteiger partial charge in [-0.1, -0.05) is 11.6 Å². The van der Waals surface area contributed by atoms with Crippen molar-refractivity contribution in [2.24, 2.45) is 5.92 Å². The Morgan fingerprint density at radius 2 is 1.90 bits per heavy atom. The van der Waals surface area contributed by atoms with Crippen molar-refractivity contribution in [2.45, 2.75) is 19.8 Å². The van der Waals surface area contributed by atoms with Crippen LogP contribution < -0.4 is 5.32 Å². The van der Waals surface area contributed by atoms with E-state index in [0.29, 0.717) is 37.6 Å². The van der Waals surface area contributed by atoms with Crippen molar-refractivity contribution in [2.75, 3.05) is 25.0 Å². The molecule has 0 aromatic heterocycles. The third kappa shape index (κ3) is 4.36. The summed E-state index contributed by atoms with van der Waals surface area (Å²) >= 11 is 5.81. The highest BCUT2D eigenvalue weighted by molar-refractivity contribution is 6.30. The third-order valence-electron chi connectivity index (χ3n) is 3.50. The number of rotatable bonds is 3. The number of amides is 2. The van der Waals surface area contributed by atoms with Gasteiger partial charge in [0, 0.05) is 29.7 Å². The summed E-state index contributed by atoms with van der Waals surface area (Å²) in [6.07, 6.45) is 1.00. The fourth-order valence-corrected chi connectivity index (χ4v) is 2.44. The molecule has 0 spiro atoms. The fraction of sp³-hybridized carbons (Fsp3) is 0.467. The molecule has 2 amide bonds. The number of nitrogens with one attached hydrogen (secondary N) is 1. The molecule has 21 heavy (non-hydrogen) atoms. The zero-order chi connectivity index (χ0) is 15.2. The van der Waals surface area contributed by atoms with Gasteiger partial charge in [0.05, 0.1) is 6.61 Å². The highest BCUT2D eigenvalue weighted by Crippen LogP contribution is 2.21. The van der Waals surface area contributed by atoms with Gasteiger partial charge in [-0.15, -0.1) is 0 Å². The van der Waals surface area contributed by atoms with Crippen molar-refractivity contribution in [3.05, 3.63) is 29.3 Å².